The number of hydrogen-bond donors (Lipinski definition) is 1. The van der Waals surface area contributed by atoms with Crippen molar-refractivity contribution in [1.29, 1.82) is 0 Å². The van der Waals surface area contributed by atoms with E-state index in [2.05, 4.69) is 4.74 Å². The van der Waals surface area contributed by atoms with E-state index in [0.29, 0.717) is 0 Å². The van der Waals surface area contributed by atoms with Crippen LogP contribution in [0.5, 0.6) is 0 Å². The Morgan fingerprint density at radius 3 is 2.40 bits per heavy atom. The first-order valence-corrected chi connectivity index (χ1v) is 2.80. The van der Waals surface area contributed by atoms with Gasteiger partial charge in [-0.15, -0.1) is 0 Å². The maximum absolute atomic E-state index is 10.6. The molecular weight excluding hydrogens is 132 g/mol. The lowest BCUT2D eigenvalue weighted by Gasteiger charge is -2.05. The van der Waals surface area contributed by atoms with Crippen LogP contribution in [0, 0.1) is 0 Å². The molecule has 2 N–H and O–H groups in total. The van der Waals surface area contributed by atoms with Gasteiger partial charge in [-0.1, -0.05) is 0 Å². The summed E-state index contributed by atoms with van der Waals surface area (Å²) in [6.07, 6.45) is 1.49. The van der Waals surface area contributed by atoms with Gasteiger partial charge in [-0.05, 0) is 0 Å². The number of ether oxygens (including phenoxy) is 1. The molecule has 0 aromatic heterocycles. The number of rotatable bonds is 2. The molecule has 0 bridgehead atoms. The van der Waals surface area contributed by atoms with Gasteiger partial charge in [0, 0.05) is 20.3 Å². The molecular formula is C6H12N2O2. The zero-order valence-electron chi connectivity index (χ0n) is 6.42. The second-order valence-electron chi connectivity index (χ2n) is 2.04. The predicted molar refractivity (Wildman–Crippen MR) is 38.0 cm³/mol. The van der Waals surface area contributed by atoms with Gasteiger partial charge in [0.05, 0.1) is 7.11 Å². The van der Waals surface area contributed by atoms with E-state index >= 15 is 0 Å². The molecule has 0 aliphatic heterocycles. The molecule has 0 saturated carbocycles. The molecule has 0 atom stereocenters. The minimum atomic E-state index is -0.506. The molecule has 4 nitrogen and oxygen atoms in total. The summed E-state index contributed by atoms with van der Waals surface area (Å²) in [4.78, 5) is 12.3. The molecule has 0 aromatic carbocycles. The molecule has 0 spiro atoms. The molecule has 0 aromatic rings. The van der Waals surface area contributed by atoms with Crippen LogP contribution in [-0.2, 0) is 9.53 Å². The quantitative estimate of drug-likeness (QED) is 0.420. The Hall–Kier alpha value is -1.19. The Kier molecular flexibility index (Phi) is 3.32. The van der Waals surface area contributed by atoms with Crippen molar-refractivity contribution < 1.29 is 9.53 Å². The van der Waals surface area contributed by atoms with E-state index in [1.54, 1.807) is 19.0 Å². The molecule has 4 heteroatoms. The van der Waals surface area contributed by atoms with Crippen molar-refractivity contribution >= 4 is 5.97 Å². The maximum atomic E-state index is 10.6. The molecule has 58 valence electrons. The van der Waals surface area contributed by atoms with Crippen molar-refractivity contribution in [2.24, 2.45) is 5.73 Å². The van der Waals surface area contributed by atoms with Crippen molar-refractivity contribution in [3.8, 4) is 0 Å². The SMILES string of the molecule is COC(=O)C(N)=CN(C)C. The van der Waals surface area contributed by atoms with E-state index in [9.17, 15) is 4.79 Å². The van der Waals surface area contributed by atoms with Crippen molar-refractivity contribution in [3.05, 3.63) is 11.9 Å². The standard InChI is InChI=1S/C6H12N2O2/c1-8(2)4-5(7)6(9)10-3/h4H,7H2,1-3H3. The highest BCUT2D eigenvalue weighted by atomic mass is 16.5. The second kappa shape index (κ2) is 3.76. The van der Waals surface area contributed by atoms with Crippen LogP contribution >= 0.6 is 0 Å². The van der Waals surface area contributed by atoms with Gasteiger partial charge < -0.3 is 15.4 Å². The fraction of sp³-hybridized carbons (Fsp3) is 0.500. The molecule has 0 saturated heterocycles. The fourth-order valence-electron chi connectivity index (χ4n) is 0.449. The third kappa shape index (κ3) is 2.96. The van der Waals surface area contributed by atoms with E-state index in [4.69, 9.17) is 5.73 Å². The van der Waals surface area contributed by atoms with Gasteiger partial charge in [0.25, 0.3) is 0 Å². The summed E-state index contributed by atoms with van der Waals surface area (Å²) >= 11 is 0. The van der Waals surface area contributed by atoms with Crippen LogP contribution in [-0.4, -0.2) is 32.1 Å². The lowest BCUT2D eigenvalue weighted by molar-refractivity contribution is -0.136. The van der Waals surface area contributed by atoms with Gasteiger partial charge in [0.2, 0.25) is 0 Å². The molecule has 0 radical (unpaired) electrons. The second-order valence-corrected chi connectivity index (χ2v) is 2.04. The highest BCUT2D eigenvalue weighted by Crippen LogP contribution is 1.88. The average molecular weight is 144 g/mol. The zero-order valence-corrected chi connectivity index (χ0v) is 6.42. The van der Waals surface area contributed by atoms with Crippen molar-refractivity contribution in [1.82, 2.24) is 4.90 Å². The Morgan fingerprint density at radius 1 is 1.60 bits per heavy atom. The molecule has 0 fully saturated rings. The van der Waals surface area contributed by atoms with Crippen LogP contribution < -0.4 is 5.73 Å². The lowest BCUT2D eigenvalue weighted by Crippen LogP contribution is -2.16. The van der Waals surface area contributed by atoms with Crippen molar-refractivity contribution in [2.45, 2.75) is 0 Å². The molecule has 0 unspecified atom stereocenters. The Labute approximate surface area is 60.2 Å². The highest BCUT2D eigenvalue weighted by Gasteiger charge is 2.02. The Morgan fingerprint density at radius 2 is 2.10 bits per heavy atom. The van der Waals surface area contributed by atoms with Crippen molar-refractivity contribution in [3.63, 3.8) is 0 Å². The van der Waals surface area contributed by atoms with Crippen LogP contribution in [0.15, 0.2) is 11.9 Å². The smallest absolute Gasteiger partial charge is 0.355 e. The number of nitrogens with zero attached hydrogens (tertiary/aromatic N) is 1. The third-order valence-electron chi connectivity index (χ3n) is 0.818. The Bertz CT molecular complexity index is 152. The van der Waals surface area contributed by atoms with Crippen LogP contribution in [0.1, 0.15) is 0 Å². The minimum Gasteiger partial charge on any atom is -0.464 e. The molecule has 0 aliphatic rings. The number of hydrogen-bond acceptors (Lipinski definition) is 4. The summed E-state index contributed by atoms with van der Waals surface area (Å²) in [5, 5.41) is 0. The first-order chi connectivity index (χ1) is 4.57. The van der Waals surface area contributed by atoms with E-state index in [-0.39, 0.29) is 5.70 Å². The van der Waals surface area contributed by atoms with Crippen LogP contribution in [0.3, 0.4) is 0 Å². The Balaban J connectivity index is 4.05. The number of esters is 1. The summed E-state index contributed by atoms with van der Waals surface area (Å²) in [5.74, 6) is -0.506. The molecule has 10 heavy (non-hydrogen) atoms. The monoisotopic (exact) mass is 144 g/mol. The zero-order chi connectivity index (χ0) is 8.15. The first-order valence-electron chi connectivity index (χ1n) is 2.80. The summed E-state index contributed by atoms with van der Waals surface area (Å²) in [6.45, 7) is 0. The summed E-state index contributed by atoms with van der Waals surface area (Å²) in [6, 6.07) is 0. The molecule has 0 heterocycles. The highest BCUT2D eigenvalue weighted by molar-refractivity contribution is 5.86. The number of carbonyl (C=O) groups is 1. The molecule has 0 amide bonds. The minimum absolute atomic E-state index is 0.104. The molecule has 0 rings (SSSR count). The summed E-state index contributed by atoms with van der Waals surface area (Å²) in [5.41, 5.74) is 5.38. The lowest BCUT2D eigenvalue weighted by atomic mass is 10.5. The van der Waals surface area contributed by atoms with Gasteiger partial charge in [-0.2, -0.15) is 0 Å². The summed E-state index contributed by atoms with van der Waals surface area (Å²) in [7, 11) is 4.84. The molecule has 0 aliphatic carbocycles. The van der Waals surface area contributed by atoms with E-state index in [1.165, 1.54) is 13.3 Å². The topological polar surface area (TPSA) is 55.6 Å². The average Bonchev–Trinajstić information content (AvgIpc) is 1.85. The van der Waals surface area contributed by atoms with Gasteiger partial charge >= 0.3 is 5.97 Å². The van der Waals surface area contributed by atoms with Gasteiger partial charge in [0.1, 0.15) is 5.70 Å². The van der Waals surface area contributed by atoms with Gasteiger partial charge in [0.15, 0.2) is 0 Å². The number of carbonyl (C=O) groups excluding carboxylic acids is 1. The van der Waals surface area contributed by atoms with E-state index in [1.807, 2.05) is 0 Å². The number of nitrogens with two attached hydrogens (primary N) is 1. The van der Waals surface area contributed by atoms with Crippen LogP contribution in [0.2, 0.25) is 0 Å². The third-order valence-corrected chi connectivity index (χ3v) is 0.818. The fourth-order valence-corrected chi connectivity index (χ4v) is 0.449. The van der Waals surface area contributed by atoms with Gasteiger partial charge in [-0.25, -0.2) is 4.79 Å². The number of methoxy groups -OCH3 is 1. The van der Waals surface area contributed by atoms with Crippen LogP contribution in [0.4, 0.5) is 0 Å². The van der Waals surface area contributed by atoms with Crippen LogP contribution in [0.25, 0.3) is 0 Å². The van der Waals surface area contributed by atoms with Crippen molar-refractivity contribution in [2.75, 3.05) is 21.2 Å². The predicted octanol–water partition coefficient (Wildman–Crippen LogP) is -0.479. The van der Waals surface area contributed by atoms with E-state index < -0.39 is 5.97 Å². The largest absolute Gasteiger partial charge is 0.464 e. The van der Waals surface area contributed by atoms with E-state index in [0.717, 1.165) is 0 Å². The summed E-state index contributed by atoms with van der Waals surface area (Å²) < 4.78 is 4.35. The van der Waals surface area contributed by atoms with Gasteiger partial charge in [-0.3, -0.25) is 0 Å². The maximum Gasteiger partial charge on any atom is 0.355 e. The normalized spacial score (nSPS) is 10.9. The first kappa shape index (κ1) is 8.81.